The van der Waals surface area contributed by atoms with Crippen LogP contribution in [0.5, 0.6) is 11.5 Å². The van der Waals surface area contributed by atoms with Gasteiger partial charge < -0.3 is 25.0 Å². The van der Waals surface area contributed by atoms with Crippen molar-refractivity contribution >= 4 is 29.9 Å². The zero-order valence-electron chi connectivity index (χ0n) is 15.7. The maximum absolute atomic E-state index is 12.9. The number of rotatable bonds is 3. The molecule has 2 bridgehead atoms. The zero-order chi connectivity index (χ0) is 18.4. The van der Waals surface area contributed by atoms with Crippen LogP contribution in [0.2, 0.25) is 0 Å². The number of halogens is 1. The van der Waals surface area contributed by atoms with Crippen LogP contribution in [-0.2, 0) is 9.59 Å². The van der Waals surface area contributed by atoms with E-state index in [1.807, 2.05) is 18.2 Å². The number of fused-ring (bicyclic) bond motifs is 3. The van der Waals surface area contributed by atoms with Crippen molar-refractivity contribution in [2.24, 2.45) is 5.92 Å². The lowest BCUT2D eigenvalue weighted by Crippen LogP contribution is -2.50. The number of hydrogen-bond donors (Lipinski definition) is 2. The van der Waals surface area contributed by atoms with Gasteiger partial charge in [-0.3, -0.25) is 9.59 Å². The molecule has 1 aromatic carbocycles. The Labute approximate surface area is 170 Å². The maximum atomic E-state index is 12.9. The first-order valence-corrected chi connectivity index (χ1v) is 9.95. The van der Waals surface area contributed by atoms with Gasteiger partial charge in [0.2, 0.25) is 11.8 Å². The molecule has 2 N–H and O–H groups in total. The Morgan fingerprint density at radius 2 is 1.79 bits per heavy atom. The van der Waals surface area contributed by atoms with Gasteiger partial charge in [-0.15, -0.1) is 12.4 Å². The minimum absolute atomic E-state index is 0. The highest BCUT2D eigenvalue weighted by atomic mass is 35.5. The summed E-state index contributed by atoms with van der Waals surface area (Å²) in [7, 11) is 0. The number of anilines is 1. The highest BCUT2D eigenvalue weighted by Crippen LogP contribution is 2.36. The van der Waals surface area contributed by atoms with Gasteiger partial charge >= 0.3 is 0 Å². The van der Waals surface area contributed by atoms with Gasteiger partial charge in [0.05, 0.1) is 0 Å². The molecule has 152 valence electrons. The average molecular weight is 408 g/mol. The van der Waals surface area contributed by atoms with E-state index in [-0.39, 0.29) is 30.3 Å². The number of hydrogen-bond acceptors (Lipinski definition) is 5. The molecule has 4 aliphatic heterocycles. The van der Waals surface area contributed by atoms with Crippen LogP contribution in [0.4, 0.5) is 5.69 Å². The first kappa shape index (κ1) is 19.3. The van der Waals surface area contributed by atoms with Crippen molar-refractivity contribution in [2.45, 2.75) is 50.2 Å². The minimum Gasteiger partial charge on any atom is -0.486 e. The molecule has 0 aromatic heterocycles. The molecule has 3 saturated heterocycles. The lowest BCUT2D eigenvalue weighted by Gasteiger charge is -2.30. The van der Waals surface area contributed by atoms with Gasteiger partial charge in [0.1, 0.15) is 19.1 Å². The van der Waals surface area contributed by atoms with Crippen molar-refractivity contribution in [3.63, 3.8) is 0 Å². The molecule has 3 fully saturated rings. The lowest BCUT2D eigenvalue weighted by atomic mass is 9.98. The SMILES string of the molecule is Cl.O=C(NC1CC2CCC(C1)N2)C1CCN(c2ccc3c(c2)OCCO3)C1=O. The summed E-state index contributed by atoms with van der Waals surface area (Å²) in [5.74, 6) is 0.522. The molecule has 1 aromatic rings. The fourth-order valence-corrected chi connectivity index (χ4v) is 4.86. The second-order valence-corrected chi connectivity index (χ2v) is 7.97. The predicted octanol–water partition coefficient (Wildman–Crippen LogP) is 1.63. The molecule has 28 heavy (non-hydrogen) atoms. The van der Waals surface area contributed by atoms with Crippen LogP contribution in [0.1, 0.15) is 32.1 Å². The van der Waals surface area contributed by atoms with Gasteiger partial charge in [-0.2, -0.15) is 0 Å². The number of carbonyl (C=O) groups excluding carboxylic acids is 2. The highest BCUT2D eigenvalue weighted by molar-refractivity contribution is 6.09. The van der Waals surface area contributed by atoms with Crippen LogP contribution in [0.15, 0.2) is 18.2 Å². The first-order valence-electron chi connectivity index (χ1n) is 9.95. The number of benzene rings is 1. The molecule has 0 aliphatic carbocycles. The fraction of sp³-hybridized carbons (Fsp3) is 0.600. The number of amides is 2. The zero-order valence-corrected chi connectivity index (χ0v) is 16.5. The summed E-state index contributed by atoms with van der Waals surface area (Å²) < 4.78 is 11.1. The molecule has 5 rings (SSSR count). The molecule has 0 radical (unpaired) electrons. The van der Waals surface area contributed by atoms with E-state index in [2.05, 4.69) is 10.6 Å². The van der Waals surface area contributed by atoms with Gasteiger partial charge in [0, 0.05) is 36.4 Å². The Bertz CT molecular complexity index is 762. The van der Waals surface area contributed by atoms with Crippen molar-refractivity contribution in [1.29, 1.82) is 0 Å². The van der Waals surface area contributed by atoms with Crippen molar-refractivity contribution < 1.29 is 19.1 Å². The quantitative estimate of drug-likeness (QED) is 0.744. The van der Waals surface area contributed by atoms with Crippen molar-refractivity contribution in [1.82, 2.24) is 10.6 Å². The van der Waals surface area contributed by atoms with Crippen molar-refractivity contribution in [3.05, 3.63) is 18.2 Å². The number of piperidine rings is 1. The second-order valence-electron chi connectivity index (χ2n) is 7.97. The van der Waals surface area contributed by atoms with Gasteiger partial charge in [-0.05, 0) is 44.2 Å². The molecular formula is C20H26ClN3O4. The molecule has 8 heteroatoms. The van der Waals surface area contributed by atoms with E-state index in [1.54, 1.807) is 4.90 Å². The normalized spacial score (nSPS) is 30.7. The third kappa shape index (κ3) is 3.53. The van der Waals surface area contributed by atoms with Crippen molar-refractivity contribution in [3.8, 4) is 11.5 Å². The van der Waals surface area contributed by atoms with Crippen LogP contribution in [0, 0.1) is 5.92 Å². The van der Waals surface area contributed by atoms with E-state index in [0.29, 0.717) is 49.8 Å². The summed E-state index contributed by atoms with van der Waals surface area (Å²) >= 11 is 0. The number of carbonyl (C=O) groups is 2. The van der Waals surface area contributed by atoms with Crippen LogP contribution >= 0.6 is 12.4 Å². The average Bonchev–Trinajstić information content (AvgIpc) is 3.23. The number of ether oxygens (including phenoxy) is 2. The first-order chi connectivity index (χ1) is 13.2. The van der Waals surface area contributed by atoms with Crippen molar-refractivity contribution in [2.75, 3.05) is 24.7 Å². The standard InChI is InChI=1S/C20H25N3O4.ClH/c24-19(22-14-9-12-1-2-13(10-14)21-12)16-5-6-23(20(16)25)15-3-4-17-18(11-15)27-8-7-26-17;/h3-4,11-14,16,21H,1-2,5-10H2,(H,22,24);1H. The van der Waals surface area contributed by atoms with E-state index in [0.717, 1.165) is 18.5 Å². The molecule has 4 aliphatic rings. The lowest BCUT2D eigenvalue weighted by molar-refractivity contribution is -0.132. The van der Waals surface area contributed by atoms with Crippen LogP contribution in [0.3, 0.4) is 0 Å². The second kappa shape index (κ2) is 7.79. The van der Waals surface area contributed by atoms with Crippen LogP contribution in [0.25, 0.3) is 0 Å². The Morgan fingerprint density at radius 3 is 2.54 bits per heavy atom. The molecule has 0 saturated carbocycles. The van der Waals surface area contributed by atoms with Gasteiger partial charge in [-0.25, -0.2) is 0 Å². The summed E-state index contributed by atoms with van der Waals surface area (Å²) in [4.78, 5) is 27.3. The maximum Gasteiger partial charge on any atom is 0.239 e. The Hall–Kier alpha value is -1.99. The molecule has 0 spiro atoms. The summed E-state index contributed by atoms with van der Waals surface area (Å²) in [5, 5.41) is 6.72. The fourth-order valence-electron chi connectivity index (χ4n) is 4.86. The van der Waals surface area contributed by atoms with E-state index < -0.39 is 5.92 Å². The molecular weight excluding hydrogens is 382 g/mol. The summed E-state index contributed by atoms with van der Waals surface area (Å²) in [6.45, 7) is 1.59. The van der Waals surface area contributed by atoms with E-state index >= 15 is 0 Å². The third-order valence-corrected chi connectivity index (χ3v) is 6.18. The smallest absolute Gasteiger partial charge is 0.239 e. The molecule has 4 heterocycles. The van der Waals surface area contributed by atoms with E-state index in [9.17, 15) is 9.59 Å². The summed E-state index contributed by atoms with van der Waals surface area (Å²) in [5.41, 5.74) is 0.763. The van der Waals surface area contributed by atoms with Crippen LogP contribution in [-0.4, -0.2) is 49.7 Å². The molecule has 7 nitrogen and oxygen atoms in total. The molecule has 3 atom stereocenters. The van der Waals surface area contributed by atoms with Gasteiger partial charge in [-0.1, -0.05) is 0 Å². The number of nitrogens with one attached hydrogen (secondary N) is 2. The largest absolute Gasteiger partial charge is 0.486 e. The topological polar surface area (TPSA) is 79.9 Å². The monoisotopic (exact) mass is 407 g/mol. The highest BCUT2D eigenvalue weighted by Gasteiger charge is 2.40. The van der Waals surface area contributed by atoms with Gasteiger partial charge in [0.25, 0.3) is 0 Å². The van der Waals surface area contributed by atoms with E-state index in [1.165, 1.54) is 12.8 Å². The number of nitrogens with zero attached hydrogens (tertiary/aromatic N) is 1. The summed E-state index contributed by atoms with van der Waals surface area (Å²) in [6, 6.07) is 6.74. The Kier molecular flexibility index (Phi) is 5.38. The predicted molar refractivity (Wildman–Crippen MR) is 106 cm³/mol. The summed E-state index contributed by atoms with van der Waals surface area (Å²) in [6.07, 6.45) is 4.87. The van der Waals surface area contributed by atoms with Crippen LogP contribution < -0.4 is 25.0 Å². The third-order valence-electron chi connectivity index (χ3n) is 6.18. The molecule has 2 amide bonds. The molecule has 3 unspecified atom stereocenters. The minimum atomic E-state index is -0.592. The van der Waals surface area contributed by atoms with E-state index in [4.69, 9.17) is 9.47 Å². The Balaban J connectivity index is 0.00000192. The van der Waals surface area contributed by atoms with Gasteiger partial charge in [0.15, 0.2) is 11.5 Å². The Morgan fingerprint density at radius 1 is 1.07 bits per heavy atom.